The molecule has 12 heavy (non-hydrogen) atoms. The molecule has 0 amide bonds. The van der Waals surface area contributed by atoms with Gasteiger partial charge in [-0.05, 0) is 0 Å². The van der Waals surface area contributed by atoms with Crippen LogP contribution < -0.4 is 0 Å². The fourth-order valence-electron chi connectivity index (χ4n) is 0.494. The molecule has 0 radical (unpaired) electrons. The lowest BCUT2D eigenvalue weighted by Gasteiger charge is -2.07. The van der Waals surface area contributed by atoms with Crippen LogP contribution in [0.3, 0.4) is 0 Å². The Labute approximate surface area is 74.4 Å². The molecule has 2 atom stereocenters. The van der Waals surface area contributed by atoms with Crippen molar-refractivity contribution in [2.75, 3.05) is 12.4 Å². The predicted molar refractivity (Wildman–Crippen MR) is 43.0 cm³/mol. The van der Waals surface area contributed by atoms with Crippen molar-refractivity contribution >= 4 is 24.2 Å². The summed E-state index contributed by atoms with van der Waals surface area (Å²) >= 11 is 3.58. The lowest BCUT2D eigenvalue weighted by molar-refractivity contribution is -0.146. The van der Waals surface area contributed by atoms with Gasteiger partial charge in [-0.15, -0.1) is 0 Å². The van der Waals surface area contributed by atoms with E-state index in [1.54, 1.807) is 0 Å². The van der Waals surface area contributed by atoms with E-state index in [1.807, 2.05) is 0 Å². The van der Waals surface area contributed by atoms with Crippen molar-refractivity contribution in [3.63, 3.8) is 0 Å². The van der Waals surface area contributed by atoms with Gasteiger partial charge in [-0.25, -0.2) is 0 Å². The van der Waals surface area contributed by atoms with E-state index in [2.05, 4.69) is 12.6 Å². The van der Waals surface area contributed by atoms with Crippen molar-refractivity contribution < 1.29 is 24.9 Å². The van der Waals surface area contributed by atoms with E-state index < -0.39 is 30.4 Å². The van der Waals surface area contributed by atoms with Gasteiger partial charge in [0.1, 0.15) is 12.2 Å². The molecule has 0 aromatic rings. The highest BCUT2D eigenvalue weighted by Gasteiger charge is 2.27. The van der Waals surface area contributed by atoms with Gasteiger partial charge in [-0.1, -0.05) is 0 Å². The zero-order valence-corrected chi connectivity index (χ0v) is 7.07. The van der Waals surface area contributed by atoms with Crippen molar-refractivity contribution in [2.24, 2.45) is 0 Å². The molecule has 5 nitrogen and oxygen atoms in total. The summed E-state index contributed by atoms with van der Waals surface area (Å²) in [6.45, 7) is -0.829. The van der Waals surface area contributed by atoms with Crippen molar-refractivity contribution in [1.82, 2.24) is 0 Å². The number of ketones is 2. The van der Waals surface area contributed by atoms with Crippen molar-refractivity contribution in [2.45, 2.75) is 12.2 Å². The Balaban J connectivity index is 4.19. The summed E-state index contributed by atoms with van der Waals surface area (Å²) < 4.78 is 0. The lowest BCUT2D eigenvalue weighted by Crippen LogP contribution is -2.38. The van der Waals surface area contributed by atoms with Gasteiger partial charge < -0.3 is 15.3 Å². The van der Waals surface area contributed by atoms with Gasteiger partial charge >= 0.3 is 0 Å². The summed E-state index contributed by atoms with van der Waals surface area (Å²) in [6.07, 6.45) is -3.26. The van der Waals surface area contributed by atoms with Crippen LogP contribution in [0.5, 0.6) is 0 Å². The summed E-state index contributed by atoms with van der Waals surface area (Å²) in [5.41, 5.74) is 0. The molecule has 0 spiro atoms. The third-order valence-corrected chi connectivity index (χ3v) is 1.54. The summed E-state index contributed by atoms with van der Waals surface area (Å²) in [4.78, 5) is 21.5. The Kier molecular flexibility index (Phi) is 5.07. The Morgan fingerprint density at radius 3 is 1.92 bits per heavy atom. The van der Waals surface area contributed by atoms with Crippen LogP contribution in [0.2, 0.25) is 0 Å². The number of aliphatic hydroxyl groups is 3. The van der Waals surface area contributed by atoms with Gasteiger partial charge in [0.15, 0.2) is 0 Å². The smallest absolute Gasteiger partial charge is 0.231 e. The molecule has 3 N–H and O–H groups in total. The van der Waals surface area contributed by atoms with E-state index in [-0.39, 0.29) is 5.75 Å². The number of rotatable bonds is 5. The molecule has 1 unspecified atom stereocenters. The Bertz CT molecular complexity index is 161. The van der Waals surface area contributed by atoms with Gasteiger partial charge in [0.05, 0.1) is 6.61 Å². The summed E-state index contributed by atoms with van der Waals surface area (Å²) in [7, 11) is 0. The van der Waals surface area contributed by atoms with E-state index in [1.165, 1.54) is 0 Å². The Morgan fingerprint density at radius 2 is 1.58 bits per heavy atom. The molecule has 6 heteroatoms. The maximum Gasteiger partial charge on any atom is 0.231 e. The number of hydrogen-bond acceptors (Lipinski definition) is 6. The lowest BCUT2D eigenvalue weighted by atomic mass is 10.1. The van der Waals surface area contributed by atoms with Crippen LogP contribution in [0.15, 0.2) is 0 Å². The van der Waals surface area contributed by atoms with Crippen molar-refractivity contribution in [3.05, 3.63) is 0 Å². The van der Waals surface area contributed by atoms with E-state index in [0.29, 0.717) is 0 Å². The highest BCUT2D eigenvalue weighted by molar-refractivity contribution is 7.80. The van der Waals surface area contributed by atoms with Gasteiger partial charge in [-0.2, -0.15) is 12.6 Å². The van der Waals surface area contributed by atoms with Gasteiger partial charge in [0.2, 0.25) is 11.6 Å². The monoisotopic (exact) mass is 194 g/mol. The Hall–Kier alpha value is -0.430. The third-order valence-electron chi connectivity index (χ3n) is 1.19. The van der Waals surface area contributed by atoms with Gasteiger partial charge in [-0.3, -0.25) is 9.59 Å². The summed E-state index contributed by atoms with van der Waals surface area (Å²) in [5.74, 6) is -2.52. The minimum absolute atomic E-state index is 0.192. The first-order valence-electron chi connectivity index (χ1n) is 3.20. The molecule has 70 valence electrons. The largest absolute Gasteiger partial charge is 0.393 e. The van der Waals surface area contributed by atoms with Crippen LogP contribution in [-0.2, 0) is 9.59 Å². The van der Waals surface area contributed by atoms with Crippen LogP contribution in [-0.4, -0.2) is 51.5 Å². The predicted octanol–water partition coefficient (Wildman–Crippen LogP) is -2.23. The first-order valence-corrected chi connectivity index (χ1v) is 3.83. The first-order chi connectivity index (χ1) is 5.54. The Morgan fingerprint density at radius 1 is 1.17 bits per heavy atom. The van der Waals surface area contributed by atoms with E-state index in [4.69, 9.17) is 15.3 Å². The zero-order valence-electron chi connectivity index (χ0n) is 6.17. The van der Waals surface area contributed by atoms with Gasteiger partial charge in [0, 0.05) is 5.75 Å². The van der Waals surface area contributed by atoms with Crippen LogP contribution >= 0.6 is 12.6 Å². The SMILES string of the molecule is O=C(C(=O)[C@H](O)CO)C(O)CS. The summed E-state index contributed by atoms with van der Waals surface area (Å²) in [6, 6.07) is 0. The van der Waals surface area contributed by atoms with Crippen LogP contribution in [0, 0.1) is 0 Å². The maximum absolute atomic E-state index is 10.8. The number of thiol groups is 1. The molecule has 0 saturated carbocycles. The number of aliphatic hydroxyl groups excluding tert-OH is 3. The second kappa shape index (κ2) is 5.26. The number of carbonyl (C=O) groups excluding carboxylic acids is 2. The van der Waals surface area contributed by atoms with Crippen LogP contribution in [0.4, 0.5) is 0 Å². The molecule has 0 aromatic carbocycles. The van der Waals surface area contributed by atoms with Crippen LogP contribution in [0.25, 0.3) is 0 Å². The molecular formula is C6H10O5S. The highest BCUT2D eigenvalue weighted by Crippen LogP contribution is 1.94. The van der Waals surface area contributed by atoms with Gasteiger partial charge in [0.25, 0.3) is 0 Å². The normalized spacial score (nSPS) is 15.3. The third kappa shape index (κ3) is 2.90. The maximum atomic E-state index is 10.8. The molecule has 0 heterocycles. The fraction of sp³-hybridized carbons (Fsp3) is 0.667. The van der Waals surface area contributed by atoms with E-state index in [9.17, 15) is 9.59 Å². The molecule has 0 bridgehead atoms. The highest BCUT2D eigenvalue weighted by atomic mass is 32.1. The molecular weight excluding hydrogens is 184 g/mol. The average molecular weight is 194 g/mol. The topological polar surface area (TPSA) is 94.8 Å². The molecule has 0 aliphatic carbocycles. The van der Waals surface area contributed by atoms with Crippen LogP contribution in [0.1, 0.15) is 0 Å². The second-order valence-corrected chi connectivity index (χ2v) is 2.49. The second-order valence-electron chi connectivity index (χ2n) is 2.13. The molecule has 0 fully saturated rings. The standard InChI is InChI=1S/C6H10O5S/c7-1-3(8)5(10)6(11)4(9)2-12/h3-4,7-9,12H,1-2H2/t3-,4?/m1/s1. The first kappa shape index (κ1) is 11.6. The molecule has 0 aliphatic heterocycles. The van der Waals surface area contributed by atoms with Crippen molar-refractivity contribution in [3.8, 4) is 0 Å². The minimum atomic E-state index is -1.74. The number of Topliss-reactive ketones (excluding diaryl/α,β-unsaturated/α-hetero) is 2. The molecule has 0 rings (SSSR count). The minimum Gasteiger partial charge on any atom is -0.393 e. The fourth-order valence-corrected chi connectivity index (χ4v) is 0.660. The number of carbonyl (C=O) groups is 2. The van der Waals surface area contributed by atoms with Crippen molar-refractivity contribution in [1.29, 1.82) is 0 Å². The molecule has 0 saturated heterocycles. The number of hydrogen-bond donors (Lipinski definition) is 4. The quantitative estimate of drug-likeness (QED) is 0.293. The van der Waals surface area contributed by atoms with E-state index >= 15 is 0 Å². The summed E-state index contributed by atoms with van der Waals surface area (Å²) in [5, 5.41) is 25.8. The molecule has 0 aromatic heterocycles. The average Bonchev–Trinajstić information content (AvgIpc) is 2.12. The van der Waals surface area contributed by atoms with E-state index in [0.717, 1.165) is 0 Å². The zero-order chi connectivity index (χ0) is 9.72. The molecule has 0 aliphatic rings.